The number of aromatic amines is 1. The highest BCUT2D eigenvalue weighted by molar-refractivity contribution is 6.31. The van der Waals surface area contributed by atoms with Crippen LogP contribution in [0.1, 0.15) is 18.1 Å². The molecule has 0 aliphatic carbocycles. The van der Waals surface area contributed by atoms with Gasteiger partial charge < -0.3 is 4.98 Å². The molecule has 0 spiro atoms. The average molecular weight is 321 g/mol. The first-order valence-electron chi connectivity index (χ1n) is 8.76. The summed E-state index contributed by atoms with van der Waals surface area (Å²) >= 11 is 0. The Morgan fingerprint density at radius 3 is 2.12 bits per heavy atom. The lowest BCUT2D eigenvalue weighted by atomic mass is 9.96. The van der Waals surface area contributed by atoms with Gasteiger partial charge in [-0.15, -0.1) is 0 Å². The molecule has 0 fully saturated rings. The summed E-state index contributed by atoms with van der Waals surface area (Å²) in [6, 6.07) is 22.0. The fourth-order valence-electron chi connectivity index (χ4n) is 4.08. The van der Waals surface area contributed by atoms with E-state index in [1.807, 2.05) is 0 Å². The summed E-state index contributed by atoms with van der Waals surface area (Å²) < 4.78 is 0. The molecule has 0 saturated carbocycles. The number of rotatable bonds is 1. The Kier molecular flexibility index (Phi) is 2.98. The van der Waals surface area contributed by atoms with Crippen LogP contribution in [0, 0.1) is 6.92 Å². The largest absolute Gasteiger partial charge is 0.354 e. The minimum absolute atomic E-state index is 1.20. The van der Waals surface area contributed by atoms with Crippen molar-refractivity contribution >= 4 is 49.4 Å². The van der Waals surface area contributed by atoms with Crippen LogP contribution in [0.2, 0.25) is 0 Å². The van der Waals surface area contributed by atoms with E-state index < -0.39 is 0 Å². The number of H-pyrrole nitrogens is 1. The molecule has 1 heterocycles. The molecular formula is C24H19N. The summed E-state index contributed by atoms with van der Waals surface area (Å²) in [7, 11) is 0. The highest BCUT2D eigenvalue weighted by Crippen LogP contribution is 2.39. The van der Waals surface area contributed by atoms with Crippen molar-refractivity contribution in [2.45, 2.75) is 13.8 Å². The molecule has 0 saturated heterocycles. The van der Waals surface area contributed by atoms with Crippen molar-refractivity contribution < 1.29 is 0 Å². The maximum atomic E-state index is 3.71. The maximum absolute atomic E-state index is 3.71. The van der Waals surface area contributed by atoms with Gasteiger partial charge >= 0.3 is 0 Å². The van der Waals surface area contributed by atoms with E-state index in [4.69, 9.17) is 0 Å². The van der Waals surface area contributed by atoms with Gasteiger partial charge in [0.25, 0.3) is 0 Å². The van der Waals surface area contributed by atoms with Gasteiger partial charge in [-0.3, -0.25) is 0 Å². The number of nitrogens with one attached hydrogen (secondary N) is 1. The minimum Gasteiger partial charge on any atom is -0.354 e. The lowest BCUT2D eigenvalue weighted by Crippen LogP contribution is -1.81. The Labute approximate surface area is 146 Å². The predicted molar refractivity (Wildman–Crippen MR) is 110 cm³/mol. The maximum Gasteiger partial charge on any atom is 0.0551 e. The second-order valence-corrected chi connectivity index (χ2v) is 6.72. The van der Waals surface area contributed by atoms with Gasteiger partial charge in [0, 0.05) is 21.7 Å². The number of allylic oxidation sites excluding steroid dienone is 1. The summed E-state index contributed by atoms with van der Waals surface area (Å²) in [5.74, 6) is 0. The summed E-state index contributed by atoms with van der Waals surface area (Å²) in [5, 5.41) is 7.88. The molecule has 1 nitrogen and oxygen atoms in total. The monoisotopic (exact) mass is 321 g/mol. The van der Waals surface area contributed by atoms with Crippen LogP contribution in [0.5, 0.6) is 0 Å². The van der Waals surface area contributed by atoms with Crippen LogP contribution in [0.15, 0.2) is 66.7 Å². The molecular weight excluding hydrogens is 302 g/mol. The van der Waals surface area contributed by atoms with E-state index in [0.717, 1.165) is 0 Å². The highest BCUT2D eigenvalue weighted by atomic mass is 14.7. The molecule has 0 aliphatic rings. The molecule has 25 heavy (non-hydrogen) atoms. The average Bonchev–Trinajstić information content (AvgIpc) is 3.01. The molecule has 5 rings (SSSR count). The Bertz CT molecular complexity index is 1300. The smallest absolute Gasteiger partial charge is 0.0551 e. The van der Waals surface area contributed by atoms with Crippen LogP contribution in [-0.4, -0.2) is 4.98 Å². The third-order valence-corrected chi connectivity index (χ3v) is 5.21. The van der Waals surface area contributed by atoms with Gasteiger partial charge in [-0.05, 0) is 53.3 Å². The predicted octanol–water partition coefficient (Wildman–Crippen LogP) is 6.97. The summed E-state index contributed by atoms with van der Waals surface area (Å²) in [4.78, 5) is 3.71. The summed E-state index contributed by atoms with van der Waals surface area (Å²) in [5.41, 5.74) is 5.02. The fraction of sp³-hybridized carbons (Fsp3) is 0.0833. The van der Waals surface area contributed by atoms with E-state index >= 15 is 0 Å². The fourth-order valence-corrected chi connectivity index (χ4v) is 4.08. The zero-order chi connectivity index (χ0) is 17.0. The van der Waals surface area contributed by atoms with Crippen LogP contribution in [0.3, 0.4) is 0 Å². The Morgan fingerprint density at radius 1 is 0.760 bits per heavy atom. The zero-order valence-corrected chi connectivity index (χ0v) is 14.4. The number of aryl methyl sites for hydroxylation is 1. The van der Waals surface area contributed by atoms with Crippen molar-refractivity contribution in [1.82, 2.24) is 4.98 Å². The van der Waals surface area contributed by atoms with E-state index in [0.29, 0.717) is 0 Å². The zero-order valence-electron chi connectivity index (χ0n) is 14.4. The van der Waals surface area contributed by atoms with E-state index in [-0.39, 0.29) is 0 Å². The SMILES string of the molecule is C/C=C\c1cc2[nH]c3c4ccccc4c4ccccc4c3c2cc1C. The lowest BCUT2D eigenvalue weighted by Gasteiger charge is -2.07. The van der Waals surface area contributed by atoms with Gasteiger partial charge in [-0.1, -0.05) is 60.7 Å². The van der Waals surface area contributed by atoms with Crippen LogP contribution in [-0.2, 0) is 0 Å². The van der Waals surface area contributed by atoms with Crippen molar-refractivity contribution in [3.05, 3.63) is 77.9 Å². The quantitative estimate of drug-likeness (QED) is 0.321. The Balaban J connectivity index is 2.09. The number of aromatic nitrogens is 1. The second-order valence-electron chi connectivity index (χ2n) is 6.72. The number of fused-ring (bicyclic) bond motifs is 8. The number of hydrogen-bond acceptors (Lipinski definition) is 0. The molecule has 1 aromatic heterocycles. The Morgan fingerprint density at radius 2 is 1.40 bits per heavy atom. The summed E-state index contributed by atoms with van der Waals surface area (Å²) in [6.07, 6.45) is 4.28. The molecule has 1 heteroatoms. The van der Waals surface area contributed by atoms with Gasteiger partial charge in [-0.2, -0.15) is 0 Å². The molecule has 0 unspecified atom stereocenters. The lowest BCUT2D eigenvalue weighted by molar-refractivity contribution is 1.46. The van der Waals surface area contributed by atoms with Gasteiger partial charge in [0.05, 0.1) is 5.52 Å². The molecule has 5 aromatic rings. The standard InChI is InChI=1S/C24H19N/c1-3-8-16-14-22-21(13-15(16)2)23-19-11-6-4-9-17(19)18-10-5-7-12-20(18)24(23)25-22/h3-14,25H,1-2H3/b8-3-. The van der Waals surface area contributed by atoms with E-state index in [2.05, 4.69) is 91.6 Å². The van der Waals surface area contributed by atoms with Crippen LogP contribution < -0.4 is 0 Å². The minimum atomic E-state index is 1.20. The molecule has 0 atom stereocenters. The normalized spacial score (nSPS) is 12.2. The molecule has 0 bridgehead atoms. The van der Waals surface area contributed by atoms with Crippen LogP contribution in [0.4, 0.5) is 0 Å². The topological polar surface area (TPSA) is 15.8 Å². The van der Waals surface area contributed by atoms with Crippen LogP contribution >= 0.6 is 0 Å². The molecule has 0 amide bonds. The molecule has 1 N–H and O–H groups in total. The first kappa shape index (κ1) is 14.3. The first-order chi connectivity index (χ1) is 12.3. The third-order valence-electron chi connectivity index (χ3n) is 5.21. The summed E-state index contributed by atoms with van der Waals surface area (Å²) in [6.45, 7) is 4.26. The molecule has 0 aliphatic heterocycles. The molecule has 4 aromatic carbocycles. The third kappa shape index (κ3) is 1.96. The van der Waals surface area contributed by atoms with Crippen molar-refractivity contribution in [1.29, 1.82) is 0 Å². The van der Waals surface area contributed by atoms with Gasteiger partial charge in [-0.25, -0.2) is 0 Å². The van der Waals surface area contributed by atoms with Crippen molar-refractivity contribution in [3.63, 3.8) is 0 Å². The second kappa shape index (κ2) is 5.22. The van der Waals surface area contributed by atoms with Gasteiger partial charge in [0.15, 0.2) is 0 Å². The van der Waals surface area contributed by atoms with Crippen molar-refractivity contribution in [2.75, 3.05) is 0 Å². The molecule has 120 valence electrons. The van der Waals surface area contributed by atoms with E-state index in [9.17, 15) is 0 Å². The number of hydrogen-bond donors (Lipinski definition) is 1. The number of benzene rings is 4. The molecule has 0 radical (unpaired) electrons. The van der Waals surface area contributed by atoms with Crippen molar-refractivity contribution in [3.8, 4) is 0 Å². The van der Waals surface area contributed by atoms with Crippen molar-refractivity contribution in [2.24, 2.45) is 0 Å². The Hall–Kier alpha value is -3.06. The highest BCUT2D eigenvalue weighted by Gasteiger charge is 2.14. The van der Waals surface area contributed by atoms with Gasteiger partial charge in [0.2, 0.25) is 0 Å². The van der Waals surface area contributed by atoms with Crippen LogP contribution in [0.25, 0.3) is 49.4 Å². The van der Waals surface area contributed by atoms with Gasteiger partial charge in [0.1, 0.15) is 0 Å². The first-order valence-corrected chi connectivity index (χ1v) is 8.76. The van der Waals surface area contributed by atoms with E-state index in [1.54, 1.807) is 0 Å². The van der Waals surface area contributed by atoms with E-state index in [1.165, 1.54) is 54.5 Å².